The third kappa shape index (κ3) is 4.54. The number of amides is 2. The predicted molar refractivity (Wildman–Crippen MR) is 97.8 cm³/mol. The lowest BCUT2D eigenvalue weighted by Crippen LogP contribution is -2.44. The van der Waals surface area contributed by atoms with E-state index in [2.05, 4.69) is 5.32 Å². The van der Waals surface area contributed by atoms with Crippen molar-refractivity contribution in [3.05, 3.63) is 23.8 Å². The van der Waals surface area contributed by atoms with Gasteiger partial charge in [0.2, 0.25) is 5.91 Å². The van der Waals surface area contributed by atoms with Crippen molar-refractivity contribution in [3.8, 4) is 0 Å². The summed E-state index contributed by atoms with van der Waals surface area (Å²) in [6, 6.07) is 5.07. The highest BCUT2D eigenvalue weighted by Gasteiger charge is 2.25. The van der Waals surface area contributed by atoms with Crippen LogP contribution >= 0.6 is 11.8 Å². The second kappa shape index (κ2) is 7.91. The minimum Gasteiger partial charge on any atom is -0.452 e. The second-order valence-corrected chi connectivity index (χ2v) is 7.91. The molecule has 136 valence electrons. The minimum absolute atomic E-state index is 0.0316. The Morgan fingerprint density at radius 3 is 2.48 bits per heavy atom. The van der Waals surface area contributed by atoms with Gasteiger partial charge >= 0.3 is 5.97 Å². The van der Waals surface area contributed by atoms with Crippen molar-refractivity contribution in [2.45, 2.75) is 56.8 Å². The van der Waals surface area contributed by atoms with E-state index in [0.29, 0.717) is 11.3 Å². The molecular weight excluding hydrogens is 340 g/mol. The Kier molecular flexibility index (Phi) is 6.11. The van der Waals surface area contributed by atoms with Gasteiger partial charge in [0.1, 0.15) is 0 Å². The molecule has 2 amide bonds. The average molecular weight is 364 g/mol. The quantitative estimate of drug-likeness (QED) is 0.813. The average Bonchev–Trinajstić information content (AvgIpc) is 2.52. The number of carbonyl (C=O) groups is 3. The number of fused-ring (bicyclic) bond motifs is 1. The van der Waals surface area contributed by atoms with Gasteiger partial charge < -0.3 is 15.0 Å². The molecule has 1 unspecified atom stereocenters. The number of hydrogen-bond acceptors (Lipinski definition) is 5. The largest absolute Gasteiger partial charge is 0.452 e. The molecule has 1 aliphatic rings. The van der Waals surface area contributed by atoms with E-state index in [4.69, 9.17) is 4.74 Å². The number of nitrogens with zero attached hydrogens (tertiary/aromatic N) is 1. The summed E-state index contributed by atoms with van der Waals surface area (Å²) < 4.78 is 5.16. The van der Waals surface area contributed by atoms with Crippen LogP contribution in [0, 0.1) is 0 Å². The topological polar surface area (TPSA) is 75.7 Å². The van der Waals surface area contributed by atoms with Gasteiger partial charge in [0.25, 0.3) is 5.91 Å². The second-order valence-electron chi connectivity index (χ2n) is 6.52. The van der Waals surface area contributed by atoms with Gasteiger partial charge in [-0.2, -0.15) is 0 Å². The SMILES string of the molecule is CC1Sc2ccc(C(=O)OCC(=O)N(C(C)C)C(C)C)cc2NC1=O. The highest BCUT2D eigenvalue weighted by molar-refractivity contribution is 8.00. The van der Waals surface area contributed by atoms with Crippen molar-refractivity contribution < 1.29 is 19.1 Å². The lowest BCUT2D eigenvalue weighted by atomic mass is 10.2. The zero-order chi connectivity index (χ0) is 18.7. The van der Waals surface area contributed by atoms with E-state index in [0.717, 1.165) is 4.90 Å². The fraction of sp³-hybridized carbons (Fsp3) is 0.500. The van der Waals surface area contributed by atoms with Gasteiger partial charge in [-0.15, -0.1) is 11.8 Å². The maximum absolute atomic E-state index is 12.3. The normalized spacial score (nSPS) is 16.4. The molecule has 1 aliphatic heterocycles. The van der Waals surface area contributed by atoms with Crippen molar-refractivity contribution in [3.63, 3.8) is 0 Å². The monoisotopic (exact) mass is 364 g/mol. The van der Waals surface area contributed by atoms with Crippen molar-refractivity contribution in [2.75, 3.05) is 11.9 Å². The van der Waals surface area contributed by atoms with Gasteiger partial charge in [0.15, 0.2) is 6.61 Å². The first kappa shape index (κ1) is 19.3. The predicted octanol–water partition coefficient (Wildman–Crippen LogP) is 2.92. The molecule has 0 aromatic heterocycles. The van der Waals surface area contributed by atoms with Gasteiger partial charge in [0, 0.05) is 17.0 Å². The summed E-state index contributed by atoms with van der Waals surface area (Å²) in [7, 11) is 0. The number of rotatable bonds is 5. The molecule has 1 aromatic rings. The van der Waals surface area contributed by atoms with Crippen molar-refractivity contribution in [2.24, 2.45) is 0 Å². The maximum atomic E-state index is 12.3. The number of carbonyl (C=O) groups excluding carboxylic acids is 3. The Balaban J connectivity index is 2.03. The van der Waals surface area contributed by atoms with E-state index < -0.39 is 5.97 Å². The molecule has 0 aliphatic carbocycles. The fourth-order valence-corrected chi connectivity index (χ4v) is 3.72. The molecule has 7 heteroatoms. The van der Waals surface area contributed by atoms with Crippen molar-refractivity contribution >= 4 is 35.2 Å². The standard InChI is InChI=1S/C18H24N2O4S/c1-10(2)20(11(3)4)16(21)9-24-18(23)13-6-7-15-14(8-13)19-17(22)12(5)25-15/h6-8,10-12H,9H2,1-5H3,(H,19,22). The molecule has 6 nitrogen and oxygen atoms in total. The Morgan fingerprint density at radius 2 is 1.88 bits per heavy atom. The van der Waals surface area contributed by atoms with Crippen LogP contribution in [0.5, 0.6) is 0 Å². The number of anilines is 1. The number of esters is 1. The molecule has 2 rings (SSSR count). The van der Waals surface area contributed by atoms with Crippen LogP contribution in [0.3, 0.4) is 0 Å². The molecule has 0 saturated carbocycles. The van der Waals surface area contributed by atoms with Crippen LogP contribution in [0.15, 0.2) is 23.1 Å². The van der Waals surface area contributed by atoms with Crippen LogP contribution in [0.1, 0.15) is 45.0 Å². The number of thioether (sulfide) groups is 1. The summed E-state index contributed by atoms with van der Waals surface area (Å²) in [4.78, 5) is 38.8. The molecule has 1 heterocycles. The Labute approximate surface area is 152 Å². The molecule has 1 atom stereocenters. The number of hydrogen-bond donors (Lipinski definition) is 1. The van der Waals surface area contributed by atoms with Gasteiger partial charge in [-0.25, -0.2) is 4.79 Å². The third-order valence-corrected chi connectivity index (χ3v) is 5.05. The van der Waals surface area contributed by atoms with E-state index in [1.54, 1.807) is 23.1 Å². The summed E-state index contributed by atoms with van der Waals surface area (Å²) in [5.74, 6) is -0.904. The van der Waals surface area contributed by atoms with Crippen LogP contribution in [0.25, 0.3) is 0 Å². The van der Waals surface area contributed by atoms with E-state index in [1.165, 1.54) is 11.8 Å². The Bertz CT molecular complexity index is 680. The molecule has 0 saturated heterocycles. The zero-order valence-electron chi connectivity index (χ0n) is 15.2. The molecule has 0 spiro atoms. The Hall–Kier alpha value is -2.02. The summed E-state index contributed by atoms with van der Waals surface area (Å²) in [5.41, 5.74) is 0.905. The fourth-order valence-electron chi connectivity index (χ4n) is 2.79. The van der Waals surface area contributed by atoms with E-state index in [1.807, 2.05) is 34.6 Å². The van der Waals surface area contributed by atoms with Crippen molar-refractivity contribution in [1.29, 1.82) is 0 Å². The van der Waals surface area contributed by atoms with Crippen LogP contribution in [-0.4, -0.2) is 46.6 Å². The number of ether oxygens (including phenoxy) is 1. The summed E-state index contributed by atoms with van der Waals surface area (Å²) >= 11 is 1.44. The highest BCUT2D eigenvalue weighted by Crippen LogP contribution is 2.36. The van der Waals surface area contributed by atoms with Gasteiger partial charge in [-0.3, -0.25) is 9.59 Å². The van der Waals surface area contributed by atoms with E-state index in [9.17, 15) is 14.4 Å². The van der Waals surface area contributed by atoms with Crippen LogP contribution in [0.4, 0.5) is 5.69 Å². The van der Waals surface area contributed by atoms with E-state index >= 15 is 0 Å². The van der Waals surface area contributed by atoms with Gasteiger partial charge in [-0.05, 0) is 52.8 Å². The first-order chi connectivity index (χ1) is 11.7. The first-order valence-electron chi connectivity index (χ1n) is 8.30. The van der Waals surface area contributed by atoms with Gasteiger partial charge in [-0.1, -0.05) is 0 Å². The van der Waals surface area contributed by atoms with Crippen molar-refractivity contribution in [1.82, 2.24) is 4.90 Å². The molecule has 1 N–H and O–H groups in total. The zero-order valence-corrected chi connectivity index (χ0v) is 16.0. The molecule has 0 radical (unpaired) electrons. The number of nitrogens with one attached hydrogen (secondary N) is 1. The first-order valence-corrected chi connectivity index (χ1v) is 9.18. The maximum Gasteiger partial charge on any atom is 0.338 e. The minimum atomic E-state index is -0.582. The smallest absolute Gasteiger partial charge is 0.338 e. The van der Waals surface area contributed by atoms with Crippen LogP contribution in [-0.2, 0) is 14.3 Å². The molecule has 0 fully saturated rings. The Morgan fingerprint density at radius 1 is 1.24 bits per heavy atom. The van der Waals surface area contributed by atoms with Crippen LogP contribution < -0.4 is 5.32 Å². The lowest BCUT2D eigenvalue weighted by Gasteiger charge is -2.30. The molecular formula is C18H24N2O4S. The van der Waals surface area contributed by atoms with Gasteiger partial charge in [0.05, 0.1) is 16.5 Å². The van der Waals surface area contributed by atoms with Crippen LogP contribution in [0.2, 0.25) is 0 Å². The summed E-state index contributed by atoms with van der Waals surface area (Å²) in [5, 5.41) is 2.61. The molecule has 25 heavy (non-hydrogen) atoms. The van der Waals surface area contributed by atoms with E-state index in [-0.39, 0.29) is 35.8 Å². The highest BCUT2D eigenvalue weighted by atomic mass is 32.2. The summed E-state index contributed by atoms with van der Waals surface area (Å²) in [6.45, 7) is 9.21. The third-order valence-electron chi connectivity index (χ3n) is 3.87. The lowest BCUT2D eigenvalue weighted by molar-refractivity contribution is -0.138. The molecule has 0 bridgehead atoms. The number of benzene rings is 1. The summed E-state index contributed by atoms with van der Waals surface area (Å²) in [6.07, 6.45) is 0. The molecule has 1 aromatic carbocycles.